The van der Waals surface area contributed by atoms with Gasteiger partial charge in [0.25, 0.3) is 0 Å². The van der Waals surface area contributed by atoms with Gasteiger partial charge in [0.1, 0.15) is 0 Å². The summed E-state index contributed by atoms with van der Waals surface area (Å²) in [7, 11) is 2.34. The Hall–Kier alpha value is -1.85. The first-order chi connectivity index (χ1) is 9.53. The maximum absolute atomic E-state index is 11.9. The summed E-state index contributed by atoms with van der Waals surface area (Å²) in [5, 5.41) is 0. The second kappa shape index (κ2) is 10.00. The number of methoxy groups -OCH3 is 2. The zero-order chi connectivity index (χ0) is 15.5. The highest BCUT2D eigenvalue weighted by molar-refractivity contribution is 6.07. The van der Waals surface area contributed by atoms with Crippen molar-refractivity contribution in [1.29, 1.82) is 0 Å². The van der Waals surface area contributed by atoms with Crippen molar-refractivity contribution in [2.45, 2.75) is 33.1 Å². The minimum absolute atomic E-state index is 0.0359. The summed E-state index contributed by atoms with van der Waals surface area (Å²) >= 11 is 0. The molecule has 0 aromatic carbocycles. The van der Waals surface area contributed by atoms with E-state index in [1.165, 1.54) is 13.2 Å². The van der Waals surface area contributed by atoms with Gasteiger partial charge in [0.15, 0.2) is 5.92 Å². The molecule has 1 atom stereocenters. The van der Waals surface area contributed by atoms with Gasteiger partial charge in [-0.25, -0.2) is 4.79 Å². The number of esters is 3. The molecule has 0 bridgehead atoms. The molecule has 0 aliphatic carbocycles. The van der Waals surface area contributed by atoms with Crippen LogP contribution in [0.2, 0.25) is 0 Å². The third-order valence-corrected chi connectivity index (χ3v) is 2.61. The van der Waals surface area contributed by atoms with Crippen LogP contribution in [0.3, 0.4) is 0 Å². The van der Waals surface area contributed by atoms with Crippen molar-refractivity contribution in [3.8, 4) is 0 Å². The molecule has 0 spiro atoms. The molecule has 0 rings (SSSR count). The van der Waals surface area contributed by atoms with Gasteiger partial charge in [0.05, 0.1) is 26.4 Å². The largest absolute Gasteiger partial charge is 0.468 e. The van der Waals surface area contributed by atoms with Crippen molar-refractivity contribution in [2.75, 3.05) is 20.8 Å². The van der Waals surface area contributed by atoms with E-state index in [4.69, 9.17) is 4.74 Å². The van der Waals surface area contributed by atoms with Crippen LogP contribution in [0.1, 0.15) is 33.1 Å². The molecule has 6 heteroatoms. The first kappa shape index (κ1) is 18.1. The van der Waals surface area contributed by atoms with Crippen LogP contribution in [0, 0.1) is 5.92 Å². The lowest BCUT2D eigenvalue weighted by Gasteiger charge is -2.15. The lowest BCUT2D eigenvalue weighted by Crippen LogP contribution is -2.32. The zero-order valence-corrected chi connectivity index (χ0v) is 12.4. The minimum Gasteiger partial charge on any atom is -0.468 e. The first-order valence-electron chi connectivity index (χ1n) is 6.56. The van der Waals surface area contributed by atoms with Gasteiger partial charge in [-0.05, 0) is 13.3 Å². The number of rotatable bonds is 8. The summed E-state index contributed by atoms with van der Waals surface area (Å²) in [4.78, 5) is 35.4. The molecule has 0 aromatic heterocycles. The van der Waals surface area contributed by atoms with Gasteiger partial charge < -0.3 is 14.2 Å². The van der Waals surface area contributed by atoms with Crippen molar-refractivity contribution in [3.63, 3.8) is 0 Å². The standard InChI is InChI=1S/C14H22O6/c1-5-7-8-9-10(12(15)18-3)11(13(16)19-4)14(17)20-6-2/h9,11H,5-8H2,1-4H3/b10-9-. The van der Waals surface area contributed by atoms with Gasteiger partial charge in [-0.2, -0.15) is 0 Å². The Morgan fingerprint density at radius 1 is 1.05 bits per heavy atom. The average Bonchev–Trinajstić information content (AvgIpc) is 2.45. The molecular formula is C14H22O6. The van der Waals surface area contributed by atoms with Gasteiger partial charge in [0.2, 0.25) is 0 Å². The minimum atomic E-state index is -1.40. The van der Waals surface area contributed by atoms with Gasteiger partial charge in [-0.1, -0.05) is 25.8 Å². The SMILES string of the molecule is CCCC/C=C(\C(=O)OC)C(C(=O)OC)C(=O)OCC. The Balaban J connectivity index is 5.38. The second-order valence-electron chi connectivity index (χ2n) is 4.00. The normalized spacial score (nSPS) is 12.5. The average molecular weight is 286 g/mol. The predicted octanol–water partition coefficient (Wildman–Crippen LogP) is 1.63. The van der Waals surface area contributed by atoms with Gasteiger partial charge in [-0.15, -0.1) is 0 Å². The number of hydrogen-bond donors (Lipinski definition) is 0. The molecule has 0 heterocycles. The fourth-order valence-corrected chi connectivity index (χ4v) is 1.59. The quantitative estimate of drug-likeness (QED) is 0.222. The lowest BCUT2D eigenvalue weighted by molar-refractivity contribution is -0.160. The van der Waals surface area contributed by atoms with Crippen LogP contribution in [0.25, 0.3) is 0 Å². The van der Waals surface area contributed by atoms with E-state index in [1.54, 1.807) is 6.92 Å². The third kappa shape index (κ3) is 5.42. The number of carbonyl (C=O) groups is 3. The predicted molar refractivity (Wildman–Crippen MR) is 71.8 cm³/mol. The number of ether oxygens (including phenoxy) is 3. The van der Waals surface area contributed by atoms with Crippen LogP contribution in [0.5, 0.6) is 0 Å². The van der Waals surface area contributed by atoms with Crippen LogP contribution >= 0.6 is 0 Å². The van der Waals surface area contributed by atoms with Crippen LogP contribution in [-0.4, -0.2) is 38.7 Å². The summed E-state index contributed by atoms with van der Waals surface area (Å²) < 4.78 is 14.0. The molecule has 0 saturated carbocycles. The summed E-state index contributed by atoms with van der Waals surface area (Å²) in [6, 6.07) is 0. The van der Waals surface area contributed by atoms with Crippen LogP contribution in [-0.2, 0) is 28.6 Å². The van der Waals surface area contributed by atoms with Crippen molar-refractivity contribution >= 4 is 17.9 Å². The number of unbranched alkanes of at least 4 members (excludes halogenated alkanes) is 2. The maximum atomic E-state index is 11.9. The summed E-state index contributed by atoms with van der Waals surface area (Å²) in [5.74, 6) is -3.78. The van der Waals surface area contributed by atoms with Crippen LogP contribution < -0.4 is 0 Å². The summed E-state index contributed by atoms with van der Waals surface area (Å²) in [5.41, 5.74) is -0.0359. The number of carbonyl (C=O) groups excluding carboxylic acids is 3. The highest BCUT2D eigenvalue weighted by atomic mass is 16.6. The van der Waals surface area contributed by atoms with E-state index in [-0.39, 0.29) is 12.2 Å². The first-order valence-corrected chi connectivity index (χ1v) is 6.56. The van der Waals surface area contributed by atoms with E-state index in [9.17, 15) is 14.4 Å². The molecule has 114 valence electrons. The molecule has 0 saturated heterocycles. The van der Waals surface area contributed by atoms with Crippen molar-refractivity contribution in [3.05, 3.63) is 11.6 Å². The molecular weight excluding hydrogens is 264 g/mol. The topological polar surface area (TPSA) is 78.9 Å². The Kier molecular flexibility index (Phi) is 9.07. The smallest absolute Gasteiger partial charge is 0.334 e. The van der Waals surface area contributed by atoms with E-state index >= 15 is 0 Å². The Morgan fingerprint density at radius 3 is 2.15 bits per heavy atom. The fourth-order valence-electron chi connectivity index (χ4n) is 1.59. The Bertz CT molecular complexity index is 372. The van der Waals surface area contributed by atoms with E-state index in [1.807, 2.05) is 6.92 Å². The van der Waals surface area contributed by atoms with Crippen molar-refractivity contribution < 1.29 is 28.6 Å². The van der Waals surface area contributed by atoms with Crippen molar-refractivity contribution in [1.82, 2.24) is 0 Å². The van der Waals surface area contributed by atoms with E-state index < -0.39 is 23.8 Å². The molecule has 1 unspecified atom stereocenters. The molecule has 0 fully saturated rings. The van der Waals surface area contributed by atoms with E-state index in [2.05, 4.69) is 9.47 Å². The third-order valence-electron chi connectivity index (χ3n) is 2.61. The van der Waals surface area contributed by atoms with E-state index in [0.29, 0.717) is 6.42 Å². The van der Waals surface area contributed by atoms with Crippen LogP contribution in [0.15, 0.2) is 11.6 Å². The Morgan fingerprint density at radius 2 is 1.70 bits per heavy atom. The van der Waals surface area contributed by atoms with Crippen molar-refractivity contribution in [2.24, 2.45) is 5.92 Å². The molecule has 0 aliphatic rings. The van der Waals surface area contributed by atoms with E-state index in [0.717, 1.165) is 20.0 Å². The number of hydrogen-bond acceptors (Lipinski definition) is 6. The molecule has 0 N–H and O–H groups in total. The summed E-state index contributed by atoms with van der Waals surface area (Å²) in [6.07, 6.45) is 3.85. The molecule has 6 nitrogen and oxygen atoms in total. The highest BCUT2D eigenvalue weighted by Crippen LogP contribution is 2.18. The fraction of sp³-hybridized carbons (Fsp3) is 0.643. The second-order valence-corrected chi connectivity index (χ2v) is 4.00. The Labute approximate surface area is 119 Å². The van der Waals surface area contributed by atoms with Gasteiger partial charge in [-0.3, -0.25) is 9.59 Å². The monoisotopic (exact) mass is 286 g/mol. The lowest BCUT2D eigenvalue weighted by atomic mass is 9.97. The van der Waals surface area contributed by atoms with Gasteiger partial charge >= 0.3 is 17.9 Å². The highest BCUT2D eigenvalue weighted by Gasteiger charge is 2.36. The van der Waals surface area contributed by atoms with Crippen LogP contribution in [0.4, 0.5) is 0 Å². The molecule has 0 aliphatic heterocycles. The molecule has 0 amide bonds. The maximum Gasteiger partial charge on any atom is 0.334 e. The summed E-state index contributed by atoms with van der Waals surface area (Å²) in [6.45, 7) is 3.72. The molecule has 0 aromatic rings. The molecule has 0 radical (unpaired) electrons. The zero-order valence-electron chi connectivity index (χ0n) is 12.4. The van der Waals surface area contributed by atoms with Gasteiger partial charge in [0, 0.05) is 0 Å². The number of allylic oxidation sites excluding steroid dienone is 1. The molecule has 20 heavy (non-hydrogen) atoms.